The fraction of sp³-hybridized carbons (Fsp3) is 0.205. The average molecular weight is 679 g/mol. The van der Waals surface area contributed by atoms with E-state index in [2.05, 4.69) is 27.3 Å². The first-order valence-corrected chi connectivity index (χ1v) is 15.9. The second-order valence-corrected chi connectivity index (χ2v) is 11.8. The third-order valence-electron chi connectivity index (χ3n) is 8.67. The fourth-order valence-corrected chi connectivity index (χ4v) is 5.96. The number of fused-ring (bicyclic) bond motifs is 1. The van der Waals surface area contributed by atoms with E-state index in [0.29, 0.717) is 16.8 Å². The first-order valence-electron chi connectivity index (χ1n) is 15.9. The Balaban J connectivity index is 0.00000468. The molecule has 0 saturated heterocycles. The normalized spacial score (nSPS) is 13.4. The van der Waals surface area contributed by atoms with E-state index in [4.69, 9.17) is 9.47 Å². The number of anilines is 1. The van der Waals surface area contributed by atoms with Gasteiger partial charge in [-0.15, -0.1) is 12.4 Å². The molecule has 0 saturated carbocycles. The molecule has 4 aromatic carbocycles. The molecule has 5 aromatic rings. The Kier molecular flexibility index (Phi) is 11.2. The summed E-state index contributed by atoms with van der Waals surface area (Å²) in [5.74, 6) is 1.25. The van der Waals surface area contributed by atoms with Crippen LogP contribution < -0.4 is 36.6 Å². The van der Waals surface area contributed by atoms with Crippen LogP contribution in [-0.4, -0.2) is 47.7 Å². The molecule has 0 bridgehead atoms. The molecule has 0 atom stereocenters. The molecule has 252 valence electrons. The van der Waals surface area contributed by atoms with Gasteiger partial charge in [-0.1, -0.05) is 54.6 Å². The number of aromatic nitrogens is 2. The van der Waals surface area contributed by atoms with Crippen LogP contribution in [0.3, 0.4) is 0 Å². The zero-order chi connectivity index (χ0) is 33.6. The van der Waals surface area contributed by atoms with E-state index in [9.17, 15) is 14.4 Å². The minimum absolute atomic E-state index is 0. The van der Waals surface area contributed by atoms with Crippen LogP contribution in [0.25, 0.3) is 12.2 Å². The monoisotopic (exact) mass is 678 g/mol. The van der Waals surface area contributed by atoms with Gasteiger partial charge in [0, 0.05) is 37.9 Å². The predicted molar refractivity (Wildman–Crippen MR) is 195 cm³/mol. The highest BCUT2D eigenvalue weighted by Crippen LogP contribution is 2.33. The zero-order valence-corrected chi connectivity index (χ0v) is 28.5. The number of carbonyl (C=O) groups excluding carboxylic acids is 1. The number of amides is 1. The number of benzene rings is 4. The second-order valence-electron chi connectivity index (χ2n) is 11.8. The molecule has 2 heterocycles. The number of halogens is 1. The fourth-order valence-electron chi connectivity index (χ4n) is 5.96. The first kappa shape index (κ1) is 34.9. The van der Waals surface area contributed by atoms with Crippen molar-refractivity contribution in [2.75, 3.05) is 32.6 Å². The number of hydrogen-bond donors (Lipinski definition) is 2. The Hall–Kier alpha value is -5.38. The lowest BCUT2D eigenvalue weighted by molar-refractivity contribution is 0.102. The standard InChI is InChI=1S/C39H38N4O5.ClH/c1-42-34(22-27-8-5-4-6-9-27)38(45)41-33(39(42)46)21-28-10-7-11-30(20-28)37(44)40-32-14-12-26(13-15-32)16-18-43-19-17-29-23-35(47-2)36(48-3)24-31(29)25-43;/h4-15,20-24H,16-19,25H2,1-3H3,(H,40,44)(H,41,45);1H/b33-21?,34-22-;. The van der Waals surface area contributed by atoms with E-state index in [1.165, 1.54) is 21.3 Å². The summed E-state index contributed by atoms with van der Waals surface area (Å²) in [4.78, 5) is 44.3. The van der Waals surface area contributed by atoms with Gasteiger partial charge in [0.15, 0.2) is 11.5 Å². The Labute approximate surface area is 290 Å². The number of methoxy groups -OCH3 is 2. The van der Waals surface area contributed by atoms with Crippen molar-refractivity contribution in [1.82, 2.24) is 14.5 Å². The summed E-state index contributed by atoms with van der Waals surface area (Å²) >= 11 is 0. The topological polar surface area (TPSA) is 106 Å². The summed E-state index contributed by atoms with van der Waals surface area (Å²) in [5, 5.41) is 3.35. The van der Waals surface area contributed by atoms with Crippen molar-refractivity contribution in [2.45, 2.75) is 19.4 Å². The molecule has 10 heteroatoms. The molecule has 0 unspecified atom stereocenters. The molecular formula is C39H39ClN4O5. The van der Waals surface area contributed by atoms with Crippen LogP contribution in [0, 0.1) is 0 Å². The summed E-state index contributed by atoms with van der Waals surface area (Å²) in [6.45, 7) is 2.77. The molecule has 0 spiro atoms. The van der Waals surface area contributed by atoms with Gasteiger partial charge < -0.3 is 24.3 Å². The highest BCUT2D eigenvalue weighted by atomic mass is 35.5. The van der Waals surface area contributed by atoms with Crippen molar-refractivity contribution in [1.29, 1.82) is 0 Å². The maximum Gasteiger partial charge on any atom is 0.274 e. The minimum atomic E-state index is -0.382. The van der Waals surface area contributed by atoms with Crippen LogP contribution in [0.5, 0.6) is 11.5 Å². The van der Waals surface area contributed by atoms with Gasteiger partial charge in [-0.2, -0.15) is 0 Å². The van der Waals surface area contributed by atoms with Gasteiger partial charge in [-0.3, -0.25) is 19.3 Å². The predicted octanol–water partition coefficient (Wildman–Crippen LogP) is 4.02. The SMILES string of the molecule is COc1cc2c(cc1OC)CN(CCc1ccc(NC(=O)c3cccc(C=c4[nH]c(=O)/c(=C/c5ccccc5)n(C)c4=O)c3)cc1)CC2.Cl. The second kappa shape index (κ2) is 15.7. The molecule has 9 nitrogen and oxygen atoms in total. The van der Waals surface area contributed by atoms with Gasteiger partial charge in [0.05, 0.1) is 14.2 Å². The van der Waals surface area contributed by atoms with Crippen LogP contribution in [-0.2, 0) is 26.4 Å². The van der Waals surface area contributed by atoms with E-state index in [1.54, 1.807) is 57.7 Å². The van der Waals surface area contributed by atoms with Crippen LogP contribution in [0.2, 0.25) is 0 Å². The average Bonchev–Trinajstić information content (AvgIpc) is 3.11. The molecular weight excluding hydrogens is 640 g/mol. The van der Waals surface area contributed by atoms with Gasteiger partial charge >= 0.3 is 0 Å². The number of ether oxygens (including phenoxy) is 2. The number of nitrogens with one attached hydrogen (secondary N) is 2. The van der Waals surface area contributed by atoms with E-state index in [0.717, 1.165) is 49.5 Å². The number of carbonyl (C=O) groups is 1. The number of hydrogen-bond acceptors (Lipinski definition) is 6. The van der Waals surface area contributed by atoms with E-state index in [-0.39, 0.29) is 40.1 Å². The Bertz CT molecular complexity index is 2190. The summed E-state index contributed by atoms with van der Waals surface area (Å²) in [6, 6.07) is 28.3. The Morgan fingerprint density at radius 3 is 2.27 bits per heavy atom. The van der Waals surface area contributed by atoms with Crippen molar-refractivity contribution in [3.63, 3.8) is 0 Å². The third-order valence-corrected chi connectivity index (χ3v) is 8.67. The third kappa shape index (κ3) is 8.20. The van der Waals surface area contributed by atoms with Gasteiger partial charge in [0.1, 0.15) is 10.7 Å². The van der Waals surface area contributed by atoms with Crippen LogP contribution in [0.4, 0.5) is 5.69 Å². The number of nitrogens with zero attached hydrogens (tertiary/aromatic N) is 2. The van der Waals surface area contributed by atoms with Crippen molar-refractivity contribution in [2.24, 2.45) is 7.05 Å². The van der Waals surface area contributed by atoms with E-state index < -0.39 is 0 Å². The lowest BCUT2D eigenvalue weighted by Crippen LogP contribution is -2.52. The molecule has 6 rings (SSSR count). The molecule has 1 aliphatic heterocycles. The largest absolute Gasteiger partial charge is 0.493 e. The minimum Gasteiger partial charge on any atom is -0.493 e. The smallest absolute Gasteiger partial charge is 0.274 e. The van der Waals surface area contributed by atoms with E-state index >= 15 is 0 Å². The van der Waals surface area contributed by atoms with Gasteiger partial charge in [-0.05, 0) is 89.2 Å². The van der Waals surface area contributed by atoms with Crippen LogP contribution >= 0.6 is 12.4 Å². The van der Waals surface area contributed by atoms with Gasteiger partial charge in [0.2, 0.25) is 0 Å². The highest BCUT2D eigenvalue weighted by Gasteiger charge is 2.19. The summed E-state index contributed by atoms with van der Waals surface area (Å²) in [5.41, 5.74) is 5.58. The Morgan fingerprint density at radius 2 is 1.55 bits per heavy atom. The van der Waals surface area contributed by atoms with Crippen molar-refractivity contribution >= 4 is 36.2 Å². The quantitative estimate of drug-likeness (QED) is 0.244. The summed E-state index contributed by atoms with van der Waals surface area (Å²) in [6.07, 6.45) is 5.11. The molecule has 1 aliphatic rings. The zero-order valence-electron chi connectivity index (χ0n) is 27.7. The first-order chi connectivity index (χ1) is 23.3. The van der Waals surface area contributed by atoms with Gasteiger partial charge in [0.25, 0.3) is 17.0 Å². The molecule has 49 heavy (non-hydrogen) atoms. The maximum atomic E-state index is 13.1. The van der Waals surface area contributed by atoms with Crippen LogP contribution in [0.1, 0.15) is 38.2 Å². The molecule has 0 radical (unpaired) electrons. The van der Waals surface area contributed by atoms with Gasteiger partial charge in [-0.25, -0.2) is 0 Å². The lowest BCUT2D eigenvalue weighted by Gasteiger charge is -2.29. The number of H-pyrrole nitrogens is 1. The molecule has 0 aliphatic carbocycles. The Morgan fingerprint density at radius 1 is 0.857 bits per heavy atom. The molecule has 2 N–H and O–H groups in total. The van der Waals surface area contributed by atoms with Crippen molar-refractivity contribution < 1.29 is 14.3 Å². The number of rotatable bonds is 9. The maximum absolute atomic E-state index is 13.1. The molecule has 1 aromatic heterocycles. The summed E-state index contributed by atoms with van der Waals surface area (Å²) < 4.78 is 12.3. The number of aromatic amines is 1. The van der Waals surface area contributed by atoms with Crippen molar-refractivity contribution in [3.8, 4) is 11.5 Å². The van der Waals surface area contributed by atoms with Crippen molar-refractivity contribution in [3.05, 3.63) is 156 Å². The molecule has 1 amide bonds. The lowest BCUT2D eigenvalue weighted by atomic mass is 9.98. The van der Waals surface area contributed by atoms with Crippen LogP contribution in [0.15, 0.2) is 101 Å². The molecule has 0 fully saturated rings. The summed E-state index contributed by atoms with van der Waals surface area (Å²) in [7, 11) is 4.89. The van der Waals surface area contributed by atoms with E-state index in [1.807, 2.05) is 54.6 Å². The highest BCUT2D eigenvalue weighted by molar-refractivity contribution is 6.04.